The Morgan fingerprint density at radius 3 is 2.57 bits per heavy atom. The summed E-state index contributed by atoms with van der Waals surface area (Å²) in [7, 11) is 0. The van der Waals surface area contributed by atoms with Gasteiger partial charge in [0.25, 0.3) is 0 Å². The van der Waals surface area contributed by atoms with E-state index in [-0.39, 0.29) is 22.5 Å². The average Bonchev–Trinajstić information content (AvgIpc) is 2.08. The van der Waals surface area contributed by atoms with E-state index in [0.29, 0.717) is 5.56 Å². The zero-order valence-electron chi connectivity index (χ0n) is 7.51. The molecule has 2 nitrogen and oxygen atoms in total. The maximum atomic E-state index is 12.8. The summed E-state index contributed by atoms with van der Waals surface area (Å²) in [5.41, 5.74) is 0.341. The average molecular weight is 259 g/mol. The van der Waals surface area contributed by atoms with Gasteiger partial charge in [-0.25, -0.2) is 4.39 Å². The third-order valence-electron chi connectivity index (χ3n) is 1.65. The minimum absolute atomic E-state index is 0.141. The van der Waals surface area contributed by atoms with Crippen LogP contribution in [0.1, 0.15) is 23.7 Å². The topological polar surface area (TPSA) is 34.1 Å². The van der Waals surface area contributed by atoms with Crippen LogP contribution >= 0.6 is 15.9 Å². The molecule has 0 radical (unpaired) electrons. The highest BCUT2D eigenvalue weighted by Crippen LogP contribution is 2.17. The fraction of sp³-hybridized carbons (Fsp3) is 0.200. The monoisotopic (exact) mass is 258 g/mol. The second kappa shape index (κ2) is 4.46. The van der Waals surface area contributed by atoms with E-state index in [1.165, 1.54) is 25.1 Å². The Hall–Kier alpha value is -1.03. The molecule has 14 heavy (non-hydrogen) atoms. The van der Waals surface area contributed by atoms with Crippen LogP contribution in [0.4, 0.5) is 4.39 Å². The Bertz CT molecular complexity index is 388. The first-order valence-corrected chi connectivity index (χ1v) is 4.77. The lowest BCUT2D eigenvalue weighted by Crippen LogP contribution is -2.04. The number of rotatable bonds is 3. The first-order valence-electron chi connectivity index (χ1n) is 3.98. The molecule has 0 aliphatic heterocycles. The Labute approximate surface area is 89.2 Å². The zero-order chi connectivity index (χ0) is 10.7. The van der Waals surface area contributed by atoms with Crippen LogP contribution < -0.4 is 0 Å². The van der Waals surface area contributed by atoms with Crippen molar-refractivity contribution in [2.24, 2.45) is 0 Å². The summed E-state index contributed by atoms with van der Waals surface area (Å²) in [5.74, 6) is -0.918. The second-order valence-electron chi connectivity index (χ2n) is 2.93. The van der Waals surface area contributed by atoms with Crippen LogP contribution in [0.2, 0.25) is 0 Å². The first-order chi connectivity index (χ1) is 6.50. The standard InChI is InChI=1S/C10H8BrFO2/c1-6(13)4-10(14)7-2-3-9(12)8(11)5-7/h2-3,5H,4H2,1H3. The Balaban J connectivity index is 2.91. The molecule has 0 atom stereocenters. The molecular weight excluding hydrogens is 251 g/mol. The van der Waals surface area contributed by atoms with Gasteiger partial charge in [-0.2, -0.15) is 0 Å². The fourth-order valence-electron chi connectivity index (χ4n) is 0.998. The molecule has 4 heteroatoms. The van der Waals surface area contributed by atoms with Crippen LogP contribution in [0.3, 0.4) is 0 Å². The van der Waals surface area contributed by atoms with E-state index in [4.69, 9.17) is 0 Å². The maximum Gasteiger partial charge on any atom is 0.170 e. The molecule has 0 spiro atoms. The smallest absolute Gasteiger partial charge is 0.170 e. The maximum absolute atomic E-state index is 12.8. The normalized spacial score (nSPS) is 9.93. The van der Waals surface area contributed by atoms with E-state index < -0.39 is 5.82 Å². The van der Waals surface area contributed by atoms with Gasteiger partial charge in [-0.3, -0.25) is 9.59 Å². The number of carbonyl (C=O) groups is 2. The van der Waals surface area contributed by atoms with Crippen molar-refractivity contribution in [3.63, 3.8) is 0 Å². The third kappa shape index (κ3) is 2.73. The van der Waals surface area contributed by atoms with Crippen LogP contribution in [0, 0.1) is 5.82 Å². The predicted molar refractivity (Wildman–Crippen MR) is 53.7 cm³/mol. The molecule has 1 rings (SSSR count). The lowest BCUT2D eigenvalue weighted by Gasteiger charge is -1.99. The van der Waals surface area contributed by atoms with Gasteiger partial charge in [0, 0.05) is 5.56 Å². The Kier molecular flexibility index (Phi) is 3.52. The summed E-state index contributed by atoms with van der Waals surface area (Å²) < 4.78 is 13.0. The Morgan fingerprint density at radius 1 is 1.43 bits per heavy atom. The van der Waals surface area contributed by atoms with E-state index in [0.717, 1.165) is 0 Å². The summed E-state index contributed by atoms with van der Waals surface area (Å²) in [5, 5.41) is 0. The van der Waals surface area contributed by atoms with Gasteiger partial charge in [0.2, 0.25) is 0 Å². The van der Waals surface area contributed by atoms with Crippen molar-refractivity contribution < 1.29 is 14.0 Å². The molecule has 0 aliphatic carbocycles. The van der Waals surface area contributed by atoms with Crippen LogP contribution in [0.5, 0.6) is 0 Å². The van der Waals surface area contributed by atoms with Crippen molar-refractivity contribution in [1.82, 2.24) is 0 Å². The molecule has 0 amide bonds. The van der Waals surface area contributed by atoms with Gasteiger partial charge in [-0.15, -0.1) is 0 Å². The van der Waals surface area contributed by atoms with Crippen molar-refractivity contribution in [3.8, 4) is 0 Å². The summed E-state index contributed by atoms with van der Waals surface area (Å²) in [4.78, 5) is 22.0. The molecule has 0 heterocycles. The molecule has 1 aromatic rings. The van der Waals surface area contributed by atoms with Gasteiger partial charge in [-0.1, -0.05) is 0 Å². The molecule has 0 fully saturated rings. The van der Waals surface area contributed by atoms with E-state index in [9.17, 15) is 14.0 Å². The van der Waals surface area contributed by atoms with Gasteiger partial charge in [-0.05, 0) is 41.1 Å². The van der Waals surface area contributed by atoms with Crippen molar-refractivity contribution in [2.75, 3.05) is 0 Å². The summed E-state index contributed by atoms with van der Waals surface area (Å²) >= 11 is 2.97. The molecule has 0 unspecified atom stereocenters. The number of carbonyl (C=O) groups excluding carboxylic acids is 2. The van der Waals surface area contributed by atoms with Crippen LogP contribution in [0.15, 0.2) is 22.7 Å². The van der Waals surface area contributed by atoms with Gasteiger partial charge >= 0.3 is 0 Å². The zero-order valence-corrected chi connectivity index (χ0v) is 9.10. The van der Waals surface area contributed by atoms with E-state index in [1.807, 2.05) is 0 Å². The number of hydrogen-bond acceptors (Lipinski definition) is 2. The fourth-order valence-corrected chi connectivity index (χ4v) is 1.38. The highest BCUT2D eigenvalue weighted by atomic mass is 79.9. The lowest BCUT2D eigenvalue weighted by atomic mass is 10.1. The molecule has 74 valence electrons. The van der Waals surface area contributed by atoms with Gasteiger partial charge in [0.05, 0.1) is 10.9 Å². The minimum Gasteiger partial charge on any atom is -0.300 e. The van der Waals surface area contributed by atoms with Gasteiger partial charge in [0.1, 0.15) is 11.6 Å². The molecule has 0 bridgehead atoms. The highest BCUT2D eigenvalue weighted by molar-refractivity contribution is 9.10. The number of benzene rings is 1. The number of hydrogen-bond donors (Lipinski definition) is 0. The third-order valence-corrected chi connectivity index (χ3v) is 2.26. The number of ketones is 2. The number of halogens is 2. The molecule has 0 N–H and O–H groups in total. The van der Waals surface area contributed by atoms with E-state index >= 15 is 0 Å². The van der Waals surface area contributed by atoms with E-state index in [1.54, 1.807) is 0 Å². The Morgan fingerprint density at radius 2 is 2.07 bits per heavy atom. The van der Waals surface area contributed by atoms with Crippen molar-refractivity contribution in [3.05, 3.63) is 34.1 Å². The molecule has 0 aliphatic rings. The quantitative estimate of drug-likeness (QED) is 0.617. The summed E-state index contributed by atoms with van der Waals surface area (Å²) in [6, 6.07) is 3.93. The van der Waals surface area contributed by atoms with Crippen LogP contribution in [-0.2, 0) is 4.79 Å². The largest absolute Gasteiger partial charge is 0.300 e. The lowest BCUT2D eigenvalue weighted by molar-refractivity contribution is -0.116. The van der Waals surface area contributed by atoms with Crippen LogP contribution in [-0.4, -0.2) is 11.6 Å². The predicted octanol–water partition coefficient (Wildman–Crippen LogP) is 2.75. The first kappa shape index (κ1) is 11.0. The van der Waals surface area contributed by atoms with Crippen molar-refractivity contribution >= 4 is 27.5 Å². The second-order valence-corrected chi connectivity index (χ2v) is 3.79. The molecule has 1 aromatic carbocycles. The molecular formula is C10H8BrFO2. The van der Waals surface area contributed by atoms with Crippen molar-refractivity contribution in [2.45, 2.75) is 13.3 Å². The summed E-state index contributed by atoms with van der Waals surface area (Å²) in [6.07, 6.45) is -0.141. The molecule has 0 aromatic heterocycles. The molecule has 0 saturated heterocycles. The van der Waals surface area contributed by atoms with Gasteiger partial charge < -0.3 is 0 Å². The minimum atomic E-state index is -0.427. The highest BCUT2D eigenvalue weighted by Gasteiger charge is 2.10. The van der Waals surface area contributed by atoms with Crippen molar-refractivity contribution in [1.29, 1.82) is 0 Å². The van der Waals surface area contributed by atoms with Crippen LogP contribution in [0.25, 0.3) is 0 Å². The van der Waals surface area contributed by atoms with Gasteiger partial charge in [0.15, 0.2) is 5.78 Å². The SMILES string of the molecule is CC(=O)CC(=O)c1ccc(F)c(Br)c1. The van der Waals surface area contributed by atoms with E-state index in [2.05, 4.69) is 15.9 Å². The summed E-state index contributed by atoms with van der Waals surface area (Å²) in [6.45, 7) is 1.34. The number of Topliss-reactive ketones (excluding diaryl/α,β-unsaturated/α-hetero) is 2. The molecule has 0 saturated carbocycles.